The van der Waals surface area contributed by atoms with Crippen molar-refractivity contribution in [1.82, 2.24) is 5.32 Å². The van der Waals surface area contributed by atoms with Crippen molar-refractivity contribution in [2.45, 2.75) is 18.9 Å². The SMILES string of the molecule is COC(=O)[C@@H](Cc1ccccc1)NC(=O)[C@H]1CC(=O)N(c2ccccc2)C1. The lowest BCUT2D eigenvalue weighted by atomic mass is 10.0. The number of benzene rings is 2. The van der Waals surface area contributed by atoms with Gasteiger partial charge in [-0.1, -0.05) is 48.5 Å². The van der Waals surface area contributed by atoms with E-state index in [1.165, 1.54) is 7.11 Å². The fraction of sp³-hybridized carbons (Fsp3) is 0.286. The zero-order valence-electron chi connectivity index (χ0n) is 15.1. The third-order valence-electron chi connectivity index (χ3n) is 4.65. The van der Waals surface area contributed by atoms with E-state index in [4.69, 9.17) is 4.74 Å². The van der Waals surface area contributed by atoms with E-state index in [9.17, 15) is 14.4 Å². The maximum atomic E-state index is 12.7. The summed E-state index contributed by atoms with van der Waals surface area (Å²) >= 11 is 0. The molecule has 2 amide bonds. The maximum Gasteiger partial charge on any atom is 0.328 e. The summed E-state index contributed by atoms with van der Waals surface area (Å²) in [6.07, 6.45) is 0.461. The van der Waals surface area contributed by atoms with Crippen molar-refractivity contribution in [3.05, 3.63) is 66.2 Å². The van der Waals surface area contributed by atoms with Gasteiger partial charge in [0.2, 0.25) is 11.8 Å². The first-order valence-corrected chi connectivity index (χ1v) is 8.86. The molecule has 1 N–H and O–H groups in total. The van der Waals surface area contributed by atoms with E-state index < -0.39 is 17.9 Å². The van der Waals surface area contributed by atoms with Crippen LogP contribution in [-0.2, 0) is 25.5 Å². The summed E-state index contributed by atoms with van der Waals surface area (Å²) in [5.41, 5.74) is 1.69. The van der Waals surface area contributed by atoms with Gasteiger partial charge >= 0.3 is 5.97 Å². The van der Waals surface area contributed by atoms with Gasteiger partial charge in [0.1, 0.15) is 6.04 Å². The standard InChI is InChI=1S/C21H22N2O4/c1-27-21(26)18(12-15-8-4-2-5-9-15)22-20(25)16-13-19(24)23(14-16)17-10-6-3-7-11-17/h2-11,16,18H,12-14H2,1H3,(H,22,25)/t16-,18+/m0/s1. The second kappa shape index (κ2) is 8.49. The minimum Gasteiger partial charge on any atom is -0.467 e. The van der Waals surface area contributed by atoms with Crippen molar-refractivity contribution in [2.24, 2.45) is 5.92 Å². The van der Waals surface area contributed by atoms with Crippen LogP contribution in [0.4, 0.5) is 5.69 Å². The quantitative estimate of drug-likeness (QED) is 0.793. The molecular weight excluding hydrogens is 344 g/mol. The molecule has 1 heterocycles. The van der Waals surface area contributed by atoms with Gasteiger partial charge in [0.05, 0.1) is 13.0 Å². The number of esters is 1. The number of carbonyl (C=O) groups excluding carboxylic acids is 3. The van der Waals surface area contributed by atoms with Gasteiger partial charge in [0.25, 0.3) is 0 Å². The minimum atomic E-state index is -0.786. The minimum absolute atomic E-state index is 0.0981. The van der Waals surface area contributed by atoms with Crippen molar-refractivity contribution < 1.29 is 19.1 Å². The summed E-state index contributed by atoms with van der Waals surface area (Å²) in [6, 6.07) is 17.9. The molecule has 0 unspecified atom stereocenters. The summed E-state index contributed by atoms with van der Waals surface area (Å²) < 4.78 is 4.83. The fourth-order valence-corrected chi connectivity index (χ4v) is 3.22. The number of rotatable bonds is 6. The number of para-hydroxylation sites is 1. The predicted octanol–water partition coefficient (Wildman–Crippen LogP) is 1.94. The van der Waals surface area contributed by atoms with Crippen molar-refractivity contribution in [1.29, 1.82) is 0 Å². The molecule has 2 atom stereocenters. The van der Waals surface area contributed by atoms with E-state index in [-0.39, 0.29) is 18.2 Å². The lowest BCUT2D eigenvalue weighted by Gasteiger charge is -2.20. The fourth-order valence-electron chi connectivity index (χ4n) is 3.22. The van der Waals surface area contributed by atoms with Gasteiger partial charge < -0.3 is 15.0 Å². The van der Waals surface area contributed by atoms with Gasteiger partial charge in [-0.3, -0.25) is 9.59 Å². The third kappa shape index (κ3) is 4.53. The van der Waals surface area contributed by atoms with Gasteiger partial charge in [-0.15, -0.1) is 0 Å². The average Bonchev–Trinajstić information content (AvgIpc) is 3.10. The molecule has 1 aliphatic heterocycles. The lowest BCUT2D eigenvalue weighted by Crippen LogP contribution is -2.46. The number of anilines is 1. The molecule has 0 aliphatic carbocycles. The van der Waals surface area contributed by atoms with E-state index in [0.29, 0.717) is 13.0 Å². The van der Waals surface area contributed by atoms with Crippen molar-refractivity contribution >= 4 is 23.5 Å². The van der Waals surface area contributed by atoms with Crippen LogP contribution in [0.25, 0.3) is 0 Å². The van der Waals surface area contributed by atoms with Crippen LogP contribution in [0.2, 0.25) is 0 Å². The van der Waals surface area contributed by atoms with Crippen LogP contribution in [0.1, 0.15) is 12.0 Å². The Morgan fingerprint density at radius 2 is 1.74 bits per heavy atom. The first-order valence-electron chi connectivity index (χ1n) is 8.86. The van der Waals surface area contributed by atoms with E-state index in [0.717, 1.165) is 11.3 Å². The molecule has 27 heavy (non-hydrogen) atoms. The second-order valence-electron chi connectivity index (χ2n) is 6.51. The maximum absolute atomic E-state index is 12.7. The average molecular weight is 366 g/mol. The van der Waals surface area contributed by atoms with E-state index in [2.05, 4.69) is 5.32 Å². The van der Waals surface area contributed by atoms with Crippen LogP contribution in [0.15, 0.2) is 60.7 Å². The number of hydrogen-bond donors (Lipinski definition) is 1. The molecule has 3 rings (SSSR count). The Morgan fingerprint density at radius 3 is 2.37 bits per heavy atom. The zero-order chi connectivity index (χ0) is 19.2. The zero-order valence-corrected chi connectivity index (χ0v) is 15.1. The smallest absolute Gasteiger partial charge is 0.328 e. The Hall–Kier alpha value is -3.15. The molecule has 0 spiro atoms. The molecule has 0 radical (unpaired) electrons. The predicted molar refractivity (Wildman–Crippen MR) is 101 cm³/mol. The van der Waals surface area contributed by atoms with Crippen molar-refractivity contribution in [2.75, 3.05) is 18.6 Å². The number of hydrogen-bond acceptors (Lipinski definition) is 4. The lowest BCUT2D eigenvalue weighted by molar-refractivity contribution is -0.145. The Kier molecular flexibility index (Phi) is 5.86. The van der Waals surface area contributed by atoms with Gasteiger partial charge in [-0.2, -0.15) is 0 Å². The Labute approximate surface area is 158 Å². The van der Waals surface area contributed by atoms with Gasteiger partial charge in [-0.25, -0.2) is 4.79 Å². The third-order valence-corrected chi connectivity index (χ3v) is 4.65. The van der Waals surface area contributed by atoms with Crippen LogP contribution in [0.5, 0.6) is 0 Å². The van der Waals surface area contributed by atoms with Crippen LogP contribution < -0.4 is 10.2 Å². The Bertz CT molecular complexity index is 807. The van der Waals surface area contributed by atoms with Crippen molar-refractivity contribution in [3.8, 4) is 0 Å². The highest BCUT2D eigenvalue weighted by Crippen LogP contribution is 2.25. The highest BCUT2D eigenvalue weighted by molar-refractivity contribution is 6.00. The molecule has 6 heteroatoms. The molecule has 1 aliphatic rings. The Morgan fingerprint density at radius 1 is 1.11 bits per heavy atom. The summed E-state index contributed by atoms with van der Waals surface area (Å²) in [4.78, 5) is 38.7. The van der Waals surface area contributed by atoms with Gasteiger partial charge in [-0.05, 0) is 17.7 Å². The molecule has 2 aromatic rings. The topological polar surface area (TPSA) is 75.7 Å². The van der Waals surface area contributed by atoms with Crippen LogP contribution in [-0.4, -0.2) is 37.5 Å². The Balaban J connectivity index is 1.67. The monoisotopic (exact) mass is 366 g/mol. The van der Waals surface area contributed by atoms with Gasteiger partial charge in [0.15, 0.2) is 0 Å². The molecule has 0 bridgehead atoms. The number of carbonyl (C=O) groups is 3. The van der Waals surface area contributed by atoms with Gasteiger partial charge in [0, 0.05) is 25.1 Å². The second-order valence-corrected chi connectivity index (χ2v) is 6.51. The number of amides is 2. The summed E-state index contributed by atoms with van der Waals surface area (Å²) in [7, 11) is 1.29. The molecule has 140 valence electrons. The highest BCUT2D eigenvalue weighted by Gasteiger charge is 2.36. The molecule has 6 nitrogen and oxygen atoms in total. The van der Waals surface area contributed by atoms with E-state index in [1.807, 2.05) is 60.7 Å². The van der Waals surface area contributed by atoms with Crippen molar-refractivity contribution in [3.63, 3.8) is 0 Å². The summed E-state index contributed by atoms with van der Waals surface area (Å²) in [5.74, 6) is -1.41. The van der Waals surface area contributed by atoms with E-state index >= 15 is 0 Å². The molecule has 2 aromatic carbocycles. The number of nitrogens with zero attached hydrogens (tertiary/aromatic N) is 1. The first kappa shape index (κ1) is 18.6. The van der Waals surface area contributed by atoms with Crippen LogP contribution in [0, 0.1) is 5.92 Å². The molecule has 1 fully saturated rings. The largest absolute Gasteiger partial charge is 0.467 e. The normalized spacial score (nSPS) is 17.4. The first-order chi connectivity index (χ1) is 13.1. The summed E-state index contributed by atoms with van der Waals surface area (Å²) in [6.45, 7) is 0.300. The van der Waals surface area contributed by atoms with Crippen LogP contribution >= 0.6 is 0 Å². The molecule has 0 aromatic heterocycles. The van der Waals surface area contributed by atoms with E-state index in [1.54, 1.807) is 4.90 Å². The summed E-state index contributed by atoms with van der Waals surface area (Å²) in [5, 5.41) is 2.76. The number of methoxy groups -OCH3 is 1. The molecular formula is C21H22N2O4. The number of ether oxygens (including phenoxy) is 1. The number of nitrogens with one attached hydrogen (secondary N) is 1. The molecule has 1 saturated heterocycles. The molecule has 0 saturated carbocycles. The highest BCUT2D eigenvalue weighted by atomic mass is 16.5. The van der Waals surface area contributed by atoms with Crippen LogP contribution in [0.3, 0.4) is 0 Å².